The number of nitro groups is 1. The lowest BCUT2D eigenvalue weighted by Gasteiger charge is -2.06. The van der Waals surface area contributed by atoms with Crippen molar-refractivity contribution >= 4 is 34.7 Å². The minimum Gasteiger partial charge on any atom is -0.378 e. The van der Waals surface area contributed by atoms with Gasteiger partial charge in [0.1, 0.15) is 6.20 Å². The highest BCUT2D eigenvalue weighted by Gasteiger charge is 2.18. The maximum atomic E-state index is 10.6. The molecule has 0 saturated carbocycles. The number of benzene rings is 1. The highest BCUT2D eigenvalue weighted by atomic mass is 35.5. The predicted molar refractivity (Wildman–Crippen MR) is 68.9 cm³/mol. The maximum absolute atomic E-state index is 10.6. The van der Waals surface area contributed by atoms with E-state index in [1.54, 1.807) is 18.2 Å². The Kier molecular flexibility index (Phi) is 3.40. The van der Waals surface area contributed by atoms with Gasteiger partial charge in [0.05, 0.1) is 21.5 Å². The monoisotopic (exact) mass is 286 g/mol. The standard InChI is InChI=1S/C10H8Cl2N4O2/c11-7-3-1-2-6(9(7)12)5-15-10(13)8(4-14-15)16(17)18/h1-4H,5,13H2. The van der Waals surface area contributed by atoms with Crippen molar-refractivity contribution in [3.63, 3.8) is 0 Å². The second-order valence-corrected chi connectivity index (χ2v) is 4.33. The van der Waals surface area contributed by atoms with Gasteiger partial charge in [0.2, 0.25) is 5.82 Å². The quantitative estimate of drug-likeness (QED) is 0.694. The van der Waals surface area contributed by atoms with Crippen LogP contribution in [-0.2, 0) is 6.54 Å². The third-order valence-electron chi connectivity index (χ3n) is 2.41. The molecule has 6 nitrogen and oxygen atoms in total. The van der Waals surface area contributed by atoms with Crippen LogP contribution < -0.4 is 5.73 Å². The van der Waals surface area contributed by atoms with Gasteiger partial charge in [0.15, 0.2) is 0 Å². The Morgan fingerprint density at radius 2 is 2.17 bits per heavy atom. The summed E-state index contributed by atoms with van der Waals surface area (Å²) in [6.07, 6.45) is 1.10. The van der Waals surface area contributed by atoms with Crippen LogP contribution in [0.1, 0.15) is 5.56 Å². The van der Waals surface area contributed by atoms with Crippen LogP contribution in [0.4, 0.5) is 11.5 Å². The molecule has 94 valence electrons. The van der Waals surface area contributed by atoms with Gasteiger partial charge in [-0.25, -0.2) is 4.68 Å². The number of nitrogen functional groups attached to an aromatic ring is 1. The molecular formula is C10H8Cl2N4O2. The van der Waals surface area contributed by atoms with Crippen LogP contribution in [0.15, 0.2) is 24.4 Å². The smallest absolute Gasteiger partial charge is 0.330 e. The van der Waals surface area contributed by atoms with Crippen LogP contribution in [-0.4, -0.2) is 14.7 Å². The molecule has 0 atom stereocenters. The molecule has 0 saturated heterocycles. The van der Waals surface area contributed by atoms with Crippen LogP contribution in [0.3, 0.4) is 0 Å². The molecule has 0 amide bonds. The summed E-state index contributed by atoms with van der Waals surface area (Å²) >= 11 is 11.9. The first-order chi connectivity index (χ1) is 8.50. The fraction of sp³-hybridized carbons (Fsp3) is 0.100. The fourth-order valence-corrected chi connectivity index (χ4v) is 1.86. The normalized spacial score (nSPS) is 10.6. The first kappa shape index (κ1) is 12.7. The zero-order chi connectivity index (χ0) is 13.3. The van der Waals surface area contributed by atoms with E-state index >= 15 is 0 Å². The van der Waals surface area contributed by atoms with Gasteiger partial charge in [-0.1, -0.05) is 35.3 Å². The molecule has 0 aliphatic rings. The average molecular weight is 287 g/mol. The molecular weight excluding hydrogens is 279 g/mol. The minimum atomic E-state index is -0.585. The molecule has 8 heteroatoms. The van der Waals surface area contributed by atoms with Crippen molar-refractivity contribution in [2.24, 2.45) is 0 Å². The van der Waals surface area contributed by atoms with E-state index in [1.807, 2.05) is 0 Å². The Bertz CT molecular complexity index is 612. The second-order valence-electron chi connectivity index (χ2n) is 3.54. The maximum Gasteiger partial charge on any atom is 0.330 e. The van der Waals surface area contributed by atoms with Gasteiger partial charge in [-0.2, -0.15) is 5.10 Å². The first-order valence-corrected chi connectivity index (χ1v) is 5.65. The first-order valence-electron chi connectivity index (χ1n) is 4.89. The molecule has 1 aromatic carbocycles. The van der Waals surface area contributed by atoms with Crippen LogP contribution in [0.5, 0.6) is 0 Å². The molecule has 2 aromatic rings. The Labute approximate surface area is 112 Å². The summed E-state index contributed by atoms with van der Waals surface area (Å²) in [4.78, 5) is 10.0. The van der Waals surface area contributed by atoms with Crippen molar-refractivity contribution in [1.29, 1.82) is 0 Å². The van der Waals surface area contributed by atoms with E-state index in [9.17, 15) is 10.1 Å². The number of halogens is 2. The van der Waals surface area contributed by atoms with E-state index in [-0.39, 0.29) is 18.1 Å². The summed E-state index contributed by atoms with van der Waals surface area (Å²) in [5.74, 6) is -0.0176. The molecule has 2 N–H and O–H groups in total. The topological polar surface area (TPSA) is 87.0 Å². The van der Waals surface area contributed by atoms with Gasteiger partial charge >= 0.3 is 5.69 Å². The Balaban J connectivity index is 2.35. The van der Waals surface area contributed by atoms with Gasteiger partial charge in [-0.05, 0) is 11.6 Å². The molecule has 0 fully saturated rings. The van der Waals surface area contributed by atoms with Crippen molar-refractivity contribution in [2.75, 3.05) is 5.73 Å². The van der Waals surface area contributed by atoms with Gasteiger partial charge in [0.25, 0.3) is 0 Å². The Morgan fingerprint density at radius 1 is 1.44 bits per heavy atom. The summed E-state index contributed by atoms with van der Waals surface area (Å²) in [6, 6.07) is 5.14. The van der Waals surface area contributed by atoms with Crippen LogP contribution in [0.25, 0.3) is 0 Å². The summed E-state index contributed by atoms with van der Waals surface area (Å²) in [6.45, 7) is 0.221. The van der Waals surface area contributed by atoms with Gasteiger partial charge in [-0.3, -0.25) is 10.1 Å². The van der Waals surface area contributed by atoms with E-state index in [0.29, 0.717) is 15.6 Å². The molecule has 1 heterocycles. The molecule has 1 aromatic heterocycles. The zero-order valence-electron chi connectivity index (χ0n) is 9.01. The van der Waals surface area contributed by atoms with Crippen molar-refractivity contribution in [3.05, 3.63) is 50.1 Å². The summed E-state index contributed by atoms with van der Waals surface area (Å²) in [5.41, 5.74) is 6.08. The summed E-state index contributed by atoms with van der Waals surface area (Å²) in [7, 11) is 0. The van der Waals surface area contributed by atoms with E-state index in [4.69, 9.17) is 28.9 Å². The molecule has 0 radical (unpaired) electrons. The Hall–Kier alpha value is -1.79. The Morgan fingerprint density at radius 3 is 2.78 bits per heavy atom. The third kappa shape index (κ3) is 2.25. The molecule has 0 bridgehead atoms. The number of aromatic nitrogens is 2. The highest BCUT2D eigenvalue weighted by molar-refractivity contribution is 6.42. The van der Waals surface area contributed by atoms with Gasteiger partial charge in [0, 0.05) is 0 Å². The second kappa shape index (κ2) is 4.83. The van der Waals surface area contributed by atoms with Crippen molar-refractivity contribution < 1.29 is 4.92 Å². The van der Waals surface area contributed by atoms with E-state index < -0.39 is 4.92 Å². The van der Waals surface area contributed by atoms with Gasteiger partial charge < -0.3 is 5.73 Å². The molecule has 0 unspecified atom stereocenters. The van der Waals surface area contributed by atoms with E-state index in [1.165, 1.54) is 4.68 Å². The largest absolute Gasteiger partial charge is 0.378 e. The van der Waals surface area contributed by atoms with E-state index in [2.05, 4.69) is 5.10 Å². The lowest BCUT2D eigenvalue weighted by Crippen LogP contribution is -2.07. The predicted octanol–water partition coefficient (Wildman–Crippen LogP) is 2.73. The van der Waals surface area contributed by atoms with Crippen LogP contribution >= 0.6 is 23.2 Å². The van der Waals surface area contributed by atoms with E-state index in [0.717, 1.165) is 6.20 Å². The summed E-state index contributed by atoms with van der Waals surface area (Å²) < 4.78 is 1.30. The number of nitrogens with zero attached hydrogens (tertiary/aromatic N) is 3. The van der Waals surface area contributed by atoms with Gasteiger partial charge in [-0.15, -0.1) is 0 Å². The molecule has 0 aliphatic heterocycles. The zero-order valence-corrected chi connectivity index (χ0v) is 10.5. The molecule has 0 aliphatic carbocycles. The van der Waals surface area contributed by atoms with Crippen molar-refractivity contribution in [1.82, 2.24) is 9.78 Å². The van der Waals surface area contributed by atoms with Crippen molar-refractivity contribution in [3.8, 4) is 0 Å². The number of rotatable bonds is 3. The lowest BCUT2D eigenvalue weighted by molar-refractivity contribution is -0.384. The molecule has 0 spiro atoms. The number of nitrogens with two attached hydrogens (primary N) is 1. The lowest BCUT2D eigenvalue weighted by atomic mass is 10.2. The third-order valence-corrected chi connectivity index (χ3v) is 3.27. The van der Waals surface area contributed by atoms with Crippen molar-refractivity contribution in [2.45, 2.75) is 6.54 Å². The molecule has 18 heavy (non-hydrogen) atoms. The number of anilines is 1. The number of hydrogen-bond acceptors (Lipinski definition) is 4. The van der Waals surface area contributed by atoms with Crippen LogP contribution in [0.2, 0.25) is 10.0 Å². The fourth-order valence-electron chi connectivity index (χ4n) is 1.48. The minimum absolute atomic E-state index is 0.0176. The number of hydrogen-bond donors (Lipinski definition) is 1. The molecule has 2 rings (SSSR count). The highest BCUT2D eigenvalue weighted by Crippen LogP contribution is 2.27. The SMILES string of the molecule is Nc1c([N+](=O)[O-])cnn1Cc1cccc(Cl)c1Cl. The van der Waals surface area contributed by atoms with Crippen LogP contribution in [0, 0.1) is 10.1 Å². The summed E-state index contributed by atoms with van der Waals surface area (Å²) in [5, 5.41) is 15.3. The average Bonchev–Trinajstić information content (AvgIpc) is 2.67.